The lowest BCUT2D eigenvalue weighted by Gasteiger charge is -2.13. The Bertz CT molecular complexity index is 452. The predicted octanol–water partition coefficient (Wildman–Crippen LogP) is 1.34. The molecule has 16 heavy (non-hydrogen) atoms. The van der Waals surface area contributed by atoms with Crippen LogP contribution in [0.25, 0.3) is 0 Å². The molecule has 1 aromatic rings. The molecule has 1 aromatic carbocycles. The minimum Gasteiger partial charge on any atom is -0.368 e. The van der Waals surface area contributed by atoms with Crippen LogP contribution in [0.1, 0.15) is 11.6 Å². The summed E-state index contributed by atoms with van der Waals surface area (Å²) in [7, 11) is 0. The van der Waals surface area contributed by atoms with Crippen LogP contribution in [0, 0.1) is 11.3 Å². The molecule has 0 radical (unpaired) electrons. The highest BCUT2D eigenvalue weighted by Crippen LogP contribution is 2.29. The van der Waals surface area contributed by atoms with Crippen molar-refractivity contribution in [1.82, 2.24) is 5.32 Å². The van der Waals surface area contributed by atoms with E-state index in [-0.39, 0.29) is 5.96 Å². The topological polar surface area (TPSA) is 100 Å². The fourth-order valence-corrected chi connectivity index (χ4v) is 1.53. The van der Waals surface area contributed by atoms with Gasteiger partial charge in [0.2, 0.25) is 5.96 Å². The summed E-state index contributed by atoms with van der Waals surface area (Å²) in [4.78, 5) is 0. The zero-order valence-corrected chi connectivity index (χ0v) is 9.63. The summed E-state index contributed by atoms with van der Waals surface area (Å²) in [6, 6.07) is 6.21. The van der Waals surface area contributed by atoms with Crippen LogP contribution in [-0.2, 0) is 0 Å². The number of guanidine groups is 1. The Morgan fingerprint density at radius 3 is 2.75 bits per heavy atom. The van der Waals surface area contributed by atoms with Crippen LogP contribution in [0.15, 0.2) is 23.3 Å². The van der Waals surface area contributed by atoms with Crippen molar-refractivity contribution >= 4 is 29.2 Å². The first kappa shape index (κ1) is 12.4. The molecule has 0 aromatic heterocycles. The van der Waals surface area contributed by atoms with Crippen LogP contribution in [0.2, 0.25) is 10.0 Å². The van der Waals surface area contributed by atoms with Gasteiger partial charge in [0.05, 0.1) is 16.1 Å². The van der Waals surface area contributed by atoms with E-state index in [9.17, 15) is 0 Å². The molecule has 5 N–H and O–H groups in total. The minimum atomic E-state index is -0.751. The van der Waals surface area contributed by atoms with Crippen LogP contribution >= 0.6 is 23.2 Å². The number of halogens is 2. The van der Waals surface area contributed by atoms with Gasteiger partial charge < -0.3 is 16.9 Å². The van der Waals surface area contributed by atoms with Gasteiger partial charge in [0.15, 0.2) is 0 Å². The van der Waals surface area contributed by atoms with Crippen molar-refractivity contribution in [1.29, 1.82) is 5.26 Å². The van der Waals surface area contributed by atoms with Gasteiger partial charge in [-0.3, -0.25) is 0 Å². The van der Waals surface area contributed by atoms with E-state index < -0.39 is 6.04 Å². The largest absolute Gasteiger partial charge is 0.368 e. The van der Waals surface area contributed by atoms with Crippen LogP contribution in [0.3, 0.4) is 0 Å². The molecule has 0 fully saturated rings. The Morgan fingerprint density at radius 2 is 2.19 bits per heavy atom. The molecule has 1 unspecified atom stereocenters. The summed E-state index contributed by atoms with van der Waals surface area (Å²) in [5.41, 5.74) is 5.88. The summed E-state index contributed by atoms with van der Waals surface area (Å²) >= 11 is 11.8. The van der Waals surface area contributed by atoms with Crippen LogP contribution in [-0.4, -0.2) is 5.96 Å². The van der Waals surface area contributed by atoms with Gasteiger partial charge in [-0.25, -0.2) is 0 Å². The normalized spacial score (nSPS) is 12.9. The fourth-order valence-electron chi connectivity index (χ4n) is 1.11. The van der Waals surface area contributed by atoms with Gasteiger partial charge >= 0.3 is 0 Å². The first-order chi connectivity index (χ1) is 7.60. The first-order valence-corrected chi connectivity index (χ1v) is 4.99. The lowest BCUT2D eigenvalue weighted by atomic mass is 10.1. The number of rotatable bonds is 2. The van der Waals surface area contributed by atoms with Crippen molar-refractivity contribution in [2.75, 3.05) is 0 Å². The molecule has 0 amide bonds. The smallest absolute Gasteiger partial charge is 0.212 e. The van der Waals surface area contributed by atoms with E-state index in [1.165, 1.54) is 0 Å². The predicted molar refractivity (Wildman–Crippen MR) is 63.8 cm³/mol. The highest BCUT2D eigenvalue weighted by atomic mass is 35.5. The van der Waals surface area contributed by atoms with E-state index in [0.717, 1.165) is 0 Å². The molecule has 7 heteroatoms. The zero-order chi connectivity index (χ0) is 12.1. The average molecular weight is 258 g/mol. The molecule has 0 bridgehead atoms. The van der Waals surface area contributed by atoms with E-state index in [1.807, 2.05) is 6.07 Å². The van der Waals surface area contributed by atoms with Gasteiger partial charge in [-0.2, -0.15) is 5.26 Å². The van der Waals surface area contributed by atoms with Crippen molar-refractivity contribution in [3.05, 3.63) is 33.8 Å². The van der Waals surface area contributed by atoms with Gasteiger partial charge in [0, 0.05) is 5.56 Å². The quantitative estimate of drug-likeness (QED) is 0.322. The van der Waals surface area contributed by atoms with Gasteiger partial charge in [-0.1, -0.05) is 35.3 Å². The van der Waals surface area contributed by atoms with Crippen LogP contribution < -0.4 is 16.9 Å². The van der Waals surface area contributed by atoms with Crippen LogP contribution in [0.4, 0.5) is 0 Å². The van der Waals surface area contributed by atoms with Crippen LogP contribution in [0.5, 0.6) is 0 Å². The summed E-state index contributed by atoms with van der Waals surface area (Å²) in [5, 5.41) is 15.4. The van der Waals surface area contributed by atoms with Gasteiger partial charge in [0.25, 0.3) is 0 Å². The third-order valence-electron chi connectivity index (χ3n) is 1.85. The second kappa shape index (κ2) is 5.45. The number of benzene rings is 1. The summed E-state index contributed by atoms with van der Waals surface area (Å²) in [5.74, 6) is 4.90. The Balaban J connectivity index is 3.06. The third kappa shape index (κ3) is 2.69. The fraction of sp³-hybridized carbons (Fsp3) is 0.111. The molecule has 0 saturated heterocycles. The van der Waals surface area contributed by atoms with E-state index in [1.54, 1.807) is 18.2 Å². The molecule has 0 heterocycles. The van der Waals surface area contributed by atoms with Crippen molar-refractivity contribution in [2.45, 2.75) is 6.04 Å². The standard InChI is InChI=1S/C9H9Cl2N5/c10-6-3-1-2-5(8(6)11)7(4-12)15-9(13)16-14/h1-3,7H,14H2,(H3,13,15,16). The summed E-state index contributed by atoms with van der Waals surface area (Å²) in [6.07, 6.45) is 0. The molecule has 84 valence electrons. The Kier molecular flexibility index (Phi) is 4.23. The first-order valence-electron chi connectivity index (χ1n) is 4.23. The number of nitrogens with zero attached hydrogens (tertiary/aromatic N) is 2. The summed E-state index contributed by atoms with van der Waals surface area (Å²) in [6.45, 7) is 0. The molecule has 0 aliphatic heterocycles. The van der Waals surface area contributed by atoms with Gasteiger partial charge in [-0.15, -0.1) is 5.10 Å². The molecule has 0 spiro atoms. The highest BCUT2D eigenvalue weighted by Gasteiger charge is 2.16. The molecular formula is C9H9Cl2N5. The maximum Gasteiger partial charge on any atom is 0.212 e. The lowest BCUT2D eigenvalue weighted by molar-refractivity contribution is 0.793. The molecule has 1 atom stereocenters. The number of nitrogens with one attached hydrogen (secondary N) is 1. The minimum absolute atomic E-state index is 0.0532. The molecule has 0 saturated carbocycles. The average Bonchev–Trinajstić information content (AvgIpc) is 2.29. The van der Waals surface area contributed by atoms with Crippen molar-refractivity contribution in [2.24, 2.45) is 16.7 Å². The molecule has 0 aliphatic rings. The van der Waals surface area contributed by atoms with Gasteiger partial charge in [-0.05, 0) is 6.07 Å². The van der Waals surface area contributed by atoms with E-state index in [0.29, 0.717) is 15.6 Å². The highest BCUT2D eigenvalue weighted by molar-refractivity contribution is 6.42. The molecule has 1 rings (SSSR count). The third-order valence-corrected chi connectivity index (χ3v) is 2.69. The van der Waals surface area contributed by atoms with E-state index in [4.69, 9.17) is 40.0 Å². The second-order valence-corrected chi connectivity index (χ2v) is 3.65. The molecule has 5 nitrogen and oxygen atoms in total. The maximum atomic E-state index is 8.97. The second-order valence-electron chi connectivity index (χ2n) is 2.86. The zero-order valence-electron chi connectivity index (χ0n) is 8.11. The number of hydrogen-bond donors (Lipinski definition) is 3. The van der Waals surface area contributed by atoms with Gasteiger partial charge in [0.1, 0.15) is 6.04 Å². The molecular weight excluding hydrogens is 249 g/mol. The number of nitriles is 1. The number of hydrogen-bond acceptors (Lipinski definition) is 3. The number of hydrazone groups is 1. The Labute approximate surface area is 103 Å². The lowest BCUT2D eigenvalue weighted by Crippen LogP contribution is -2.35. The maximum absolute atomic E-state index is 8.97. The Hall–Kier alpha value is -1.64. The van der Waals surface area contributed by atoms with E-state index >= 15 is 0 Å². The van der Waals surface area contributed by atoms with Crippen molar-refractivity contribution in [3.63, 3.8) is 0 Å². The number of nitrogens with two attached hydrogens (primary N) is 2. The Morgan fingerprint density at radius 1 is 1.50 bits per heavy atom. The SMILES string of the molecule is N#CC(NC(N)=NN)c1cccc(Cl)c1Cl. The summed E-state index contributed by atoms with van der Waals surface area (Å²) < 4.78 is 0. The van der Waals surface area contributed by atoms with Crippen molar-refractivity contribution < 1.29 is 0 Å². The molecule has 0 aliphatic carbocycles. The van der Waals surface area contributed by atoms with E-state index in [2.05, 4.69) is 10.4 Å². The monoisotopic (exact) mass is 257 g/mol. The van der Waals surface area contributed by atoms with Crippen molar-refractivity contribution in [3.8, 4) is 6.07 Å².